The first-order valence-corrected chi connectivity index (χ1v) is 8.30. The van der Waals surface area contributed by atoms with Crippen LogP contribution in [0, 0.1) is 13.8 Å². The molecule has 0 saturated heterocycles. The topological polar surface area (TPSA) is 74.8 Å². The van der Waals surface area contributed by atoms with E-state index in [1.54, 1.807) is 12.3 Å². The summed E-state index contributed by atoms with van der Waals surface area (Å²) >= 11 is 5.96. The van der Waals surface area contributed by atoms with Crippen LogP contribution in [0.4, 0.5) is 5.69 Å². The molecular formula is C20H17ClN2O3. The summed E-state index contributed by atoms with van der Waals surface area (Å²) in [4.78, 5) is 15.5. The summed E-state index contributed by atoms with van der Waals surface area (Å²) < 4.78 is 2.09. The van der Waals surface area contributed by atoms with E-state index >= 15 is 0 Å². The number of hydrogen-bond acceptors (Lipinski definition) is 3. The number of carboxylic acid groups (broad SMARTS) is 1. The lowest BCUT2D eigenvalue weighted by Gasteiger charge is -2.09. The van der Waals surface area contributed by atoms with Crippen molar-refractivity contribution < 1.29 is 15.0 Å². The molecule has 6 heteroatoms. The summed E-state index contributed by atoms with van der Waals surface area (Å²) in [6.07, 6.45) is 1.69. The van der Waals surface area contributed by atoms with Crippen LogP contribution in [0.5, 0.6) is 5.75 Å². The first kappa shape index (κ1) is 17.8. The lowest BCUT2D eigenvalue weighted by atomic mass is 10.2. The van der Waals surface area contributed by atoms with Gasteiger partial charge in [0.15, 0.2) is 0 Å². The standard InChI is InChI=1S/C20H17ClN2O3/c1-12-9-14(13(2)23(12)17-6-3-15(21)4-7-17)11-22-16-5-8-19(24)18(10-16)20(25)26/h3-11,24H,1-2H3,(H,25,26). The van der Waals surface area contributed by atoms with Gasteiger partial charge in [-0.15, -0.1) is 0 Å². The van der Waals surface area contributed by atoms with Crippen molar-refractivity contribution in [1.82, 2.24) is 4.57 Å². The largest absolute Gasteiger partial charge is 0.507 e. The first-order valence-electron chi connectivity index (χ1n) is 7.92. The second-order valence-electron chi connectivity index (χ2n) is 5.90. The molecule has 2 N–H and O–H groups in total. The van der Waals surface area contributed by atoms with E-state index in [0.717, 1.165) is 22.6 Å². The van der Waals surface area contributed by atoms with Gasteiger partial charge in [-0.3, -0.25) is 4.99 Å². The third kappa shape index (κ3) is 3.48. The van der Waals surface area contributed by atoms with Gasteiger partial charge in [-0.1, -0.05) is 11.6 Å². The number of aromatic carboxylic acids is 1. The van der Waals surface area contributed by atoms with Crippen molar-refractivity contribution in [3.63, 3.8) is 0 Å². The normalized spacial score (nSPS) is 11.2. The Labute approximate surface area is 155 Å². The monoisotopic (exact) mass is 368 g/mol. The molecule has 0 bridgehead atoms. The van der Waals surface area contributed by atoms with Gasteiger partial charge in [0.25, 0.3) is 0 Å². The van der Waals surface area contributed by atoms with Gasteiger partial charge in [-0.05, 0) is 62.4 Å². The molecule has 2 aromatic carbocycles. The molecule has 0 aliphatic rings. The van der Waals surface area contributed by atoms with Crippen LogP contribution in [0.2, 0.25) is 5.02 Å². The Morgan fingerprint density at radius 2 is 1.81 bits per heavy atom. The minimum atomic E-state index is -1.19. The second kappa shape index (κ2) is 7.06. The van der Waals surface area contributed by atoms with E-state index in [-0.39, 0.29) is 11.3 Å². The number of rotatable bonds is 4. The van der Waals surface area contributed by atoms with Gasteiger partial charge in [-0.2, -0.15) is 0 Å². The van der Waals surface area contributed by atoms with Crippen LogP contribution >= 0.6 is 11.6 Å². The molecule has 132 valence electrons. The minimum absolute atomic E-state index is 0.175. The Morgan fingerprint density at radius 1 is 1.12 bits per heavy atom. The third-order valence-corrected chi connectivity index (χ3v) is 4.37. The molecule has 0 aliphatic carbocycles. The zero-order chi connectivity index (χ0) is 18.8. The van der Waals surface area contributed by atoms with Crippen molar-refractivity contribution in [3.8, 4) is 11.4 Å². The number of nitrogens with zero attached hydrogens (tertiary/aromatic N) is 2. The molecule has 0 spiro atoms. The Balaban J connectivity index is 1.95. The average Bonchev–Trinajstić information content (AvgIpc) is 2.89. The highest BCUT2D eigenvalue weighted by atomic mass is 35.5. The van der Waals surface area contributed by atoms with E-state index in [4.69, 9.17) is 16.7 Å². The van der Waals surface area contributed by atoms with E-state index < -0.39 is 5.97 Å². The van der Waals surface area contributed by atoms with Gasteiger partial charge in [0.1, 0.15) is 11.3 Å². The summed E-state index contributed by atoms with van der Waals surface area (Å²) in [7, 11) is 0. The number of aromatic nitrogens is 1. The SMILES string of the molecule is Cc1cc(C=Nc2ccc(O)c(C(=O)O)c2)c(C)n1-c1ccc(Cl)cc1. The van der Waals surface area contributed by atoms with Crippen molar-refractivity contribution >= 4 is 29.5 Å². The Morgan fingerprint density at radius 3 is 2.46 bits per heavy atom. The molecule has 0 saturated carbocycles. The minimum Gasteiger partial charge on any atom is -0.507 e. The number of benzene rings is 2. The number of carbonyl (C=O) groups is 1. The number of aryl methyl sites for hydroxylation is 1. The maximum absolute atomic E-state index is 11.1. The van der Waals surface area contributed by atoms with Crippen LogP contribution in [-0.4, -0.2) is 27.0 Å². The van der Waals surface area contributed by atoms with E-state index in [9.17, 15) is 9.90 Å². The summed E-state index contributed by atoms with van der Waals surface area (Å²) in [5.41, 5.74) is 4.25. The number of aromatic hydroxyl groups is 1. The maximum atomic E-state index is 11.1. The molecule has 0 fully saturated rings. The van der Waals surface area contributed by atoms with Gasteiger partial charge in [0, 0.05) is 33.9 Å². The molecule has 0 unspecified atom stereocenters. The number of phenols is 1. The molecule has 0 aliphatic heterocycles. The summed E-state index contributed by atoms with van der Waals surface area (Å²) in [6.45, 7) is 3.99. The van der Waals surface area contributed by atoms with Crippen LogP contribution in [0.1, 0.15) is 27.3 Å². The molecular weight excluding hydrogens is 352 g/mol. The summed E-state index contributed by atoms with van der Waals surface area (Å²) in [5.74, 6) is -1.47. The van der Waals surface area contributed by atoms with Gasteiger partial charge in [0.05, 0.1) is 5.69 Å². The van der Waals surface area contributed by atoms with Crippen LogP contribution in [-0.2, 0) is 0 Å². The van der Waals surface area contributed by atoms with Crippen molar-refractivity contribution in [2.45, 2.75) is 13.8 Å². The molecule has 3 aromatic rings. The van der Waals surface area contributed by atoms with Crippen LogP contribution < -0.4 is 0 Å². The molecule has 1 heterocycles. The smallest absolute Gasteiger partial charge is 0.339 e. The molecule has 3 rings (SSSR count). The second-order valence-corrected chi connectivity index (χ2v) is 6.34. The number of hydrogen-bond donors (Lipinski definition) is 2. The predicted molar refractivity (Wildman–Crippen MR) is 103 cm³/mol. The highest BCUT2D eigenvalue weighted by Gasteiger charge is 2.11. The fourth-order valence-electron chi connectivity index (χ4n) is 2.83. The Bertz CT molecular complexity index is 1000. The summed E-state index contributed by atoms with van der Waals surface area (Å²) in [5, 5.41) is 19.3. The molecule has 0 radical (unpaired) electrons. The van der Waals surface area contributed by atoms with Crippen LogP contribution in [0.15, 0.2) is 53.5 Å². The van der Waals surface area contributed by atoms with Crippen molar-refractivity contribution in [1.29, 1.82) is 0 Å². The van der Waals surface area contributed by atoms with Crippen LogP contribution in [0.3, 0.4) is 0 Å². The van der Waals surface area contributed by atoms with E-state index in [0.29, 0.717) is 10.7 Å². The maximum Gasteiger partial charge on any atom is 0.339 e. The quantitative estimate of drug-likeness (QED) is 0.643. The highest BCUT2D eigenvalue weighted by molar-refractivity contribution is 6.30. The zero-order valence-electron chi connectivity index (χ0n) is 14.3. The fourth-order valence-corrected chi connectivity index (χ4v) is 2.95. The lowest BCUT2D eigenvalue weighted by molar-refractivity contribution is 0.0694. The number of aliphatic imine (C=N–C) groups is 1. The van der Waals surface area contributed by atoms with E-state index in [1.807, 2.05) is 44.2 Å². The third-order valence-electron chi connectivity index (χ3n) is 4.12. The van der Waals surface area contributed by atoms with Gasteiger partial charge in [-0.25, -0.2) is 4.79 Å². The molecule has 0 amide bonds. The molecule has 26 heavy (non-hydrogen) atoms. The Kier molecular flexibility index (Phi) is 4.82. The molecule has 5 nitrogen and oxygen atoms in total. The lowest BCUT2D eigenvalue weighted by Crippen LogP contribution is -1.99. The number of carboxylic acids is 1. The molecule has 1 aromatic heterocycles. The zero-order valence-corrected chi connectivity index (χ0v) is 15.0. The van der Waals surface area contributed by atoms with Crippen LogP contribution in [0.25, 0.3) is 5.69 Å². The van der Waals surface area contributed by atoms with Gasteiger partial charge >= 0.3 is 5.97 Å². The highest BCUT2D eigenvalue weighted by Crippen LogP contribution is 2.25. The Hall–Kier alpha value is -3.05. The van der Waals surface area contributed by atoms with E-state index in [2.05, 4.69) is 9.56 Å². The summed E-state index contributed by atoms with van der Waals surface area (Å²) in [6, 6.07) is 13.8. The fraction of sp³-hybridized carbons (Fsp3) is 0.100. The molecule has 0 atom stereocenters. The van der Waals surface area contributed by atoms with E-state index in [1.165, 1.54) is 12.1 Å². The predicted octanol–water partition coefficient (Wildman–Crippen LogP) is 4.90. The van der Waals surface area contributed by atoms with Gasteiger partial charge in [0.2, 0.25) is 0 Å². The first-order chi connectivity index (χ1) is 12.4. The van der Waals surface area contributed by atoms with Crippen molar-refractivity contribution in [2.24, 2.45) is 4.99 Å². The van der Waals surface area contributed by atoms with Gasteiger partial charge < -0.3 is 14.8 Å². The number of halogens is 1. The average molecular weight is 369 g/mol. The van der Waals surface area contributed by atoms with Crippen molar-refractivity contribution in [3.05, 3.63) is 76.1 Å². The van der Waals surface area contributed by atoms with Crippen molar-refractivity contribution in [2.75, 3.05) is 0 Å².